The van der Waals surface area contributed by atoms with Crippen molar-refractivity contribution in [3.63, 3.8) is 0 Å². The van der Waals surface area contributed by atoms with E-state index in [0.29, 0.717) is 11.3 Å². The van der Waals surface area contributed by atoms with Crippen LogP contribution in [0.1, 0.15) is 10.4 Å². The number of carboxylic acid groups (broad SMARTS) is 1. The van der Waals surface area contributed by atoms with Crippen LogP contribution in [0.3, 0.4) is 0 Å². The van der Waals surface area contributed by atoms with Gasteiger partial charge in [0.25, 0.3) is 5.91 Å². The molecule has 0 spiro atoms. The first-order valence-corrected chi connectivity index (χ1v) is 5.96. The second kappa shape index (κ2) is 7.96. The monoisotopic (exact) mass is 279 g/mol. The number of hydrogen-bond donors (Lipinski definition) is 2. The smallest absolute Gasteiger partial charge is 0.334 e. The Kier molecular flexibility index (Phi) is 6.25. The maximum atomic E-state index is 12.0. The zero-order valence-corrected chi connectivity index (χ0v) is 11.2. The predicted molar refractivity (Wildman–Crippen MR) is 72.9 cm³/mol. The SMILES string of the molecule is C=CCOc1ccccc1C(=O)NCC(OC)C(=O)O. The van der Waals surface area contributed by atoms with Gasteiger partial charge in [0.1, 0.15) is 12.4 Å². The Morgan fingerprint density at radius 3 is 2.75 bits per heavy atom. The Bertz CT molecular complexity index is 486. The van der Waals surface area contributed by atoms with Crippen molar-refractivity contribution in [2.45, 2.75) is 6.10 Å². The van der Waals surface area contributed by atoms with Crippen LogP contribution in [0.25, 0.3) is 0 Å². The number of rotatable bonds is 8. The Morgan fingerprint density at radius 1 is 1.45 bits per heavy atom. The molecule has 0 bridgehead atoms. The summed E-state index contributed by atoms with van der Waals surface area (Å²) >= 11 is 0. The number of carbonyl (C=O) groups excluding carboxylic acids is 1. The van der Waals surface area contributed by atoms with Gasteiger partial charge in [0, 0.05) is 7.11 Å². The van der Waals surface area contributed by atoms with E-state index in [1.54, 1.807) is 30.3 Å². The van der Waals surface area contributed by atoms with Crippen molar-refractivity contribution in [1.29, 1.82) is 0 Å². The lowest BCUT2D eigenvalue weighted by Crippen LogP contribution is -2.37. The van der Waals surface area contributed by atoms with Crippen LogP contribution in [0.4, 0.5) is 0 Å². The lowest BCUT2D eigenvalue weighted by molar-refractivity contribution is -0.148. The summed E-state index contributed by atoms with van der Waals surface area (Å²) in [4.78, 5) is 22.8. The second-order valence-electron chi connectivity index (χ2n) is 3.87. The minimum atomic E-state index is -1.14. The van der Waals surface area contributed by atoms with Gasteiger partial charge in [0.2, 0.25) is 0 Å². The van der Waals surface area contributed by atoms with Crippen LogP contribution in [0.2, 0.25) is 0 Å². The Labute approximate surface area is 117 Å². The molecule has 0 saturated carbocycles. The van der Waals surface area contributed by atoms with E-state index in [2.05, 4.69) is 11.9 Å². The van der Waals surface area contributed by atoms with E-state index >= 15 is 0 Å². The summed E-state index contributed by atoms with van der Waals surface area (Å²) in [5.41, 5.74) is 0.328. The minimum absolute atomic E-state index is 0.125. The van der Waals surface area contributed by atoms with Crippen molar-refractivity contribution < 1.29 is 24.2 Å². The maximum absolute atomic E-state index is 12.0. The molecule has 1 aromatic rings. The van der Waals surface area contributed by atoms with Gasteiger partial charge in [-0.1, -0.05) is 24.8 Å². The molecule has 1 unspecified atom stereocenters. The summed E-state index contributed by atoms with van der Waals surface area (Å²) in [6, 6.07) is 6.69. The molecule has 0 fully saturated rings. The summed E-state index contributed by atoms with van der Waals surface area (Å²) in [6.45, 7) is 3.69. The molecule has 1 rings (SSSR count). The highest BCUT2D eigenvalue weighted by atomic mass is 16.5. The van der Waals surface area contributed by atoms with Crippen LogP contribution >= 0.6 is 0 Å². The van der Waals surface area contributed by atoms with Crippen molar-refractivity contribution in [1.82, 2.24) is 5.32 Å². The van der Waals surface area contributed by atoms with Crippen molar-refractivity contribution in [2.75, 3.05) is 20.3 Å². The first-order valence-electron chi connectivity index (χ1n) is 5.96. The summed E-state index contributed by atoms with van der Waals surface area (Å²) in [6.07, 6.45) is 0.486. The molecule has 1 amide bonds. The maximum Gasteiger partial charge on any atom is 0.334 e. The highest BCUT2D eigenvalue weighted by Gasteiger charge is 2.19. The molecule has 0 aliphatic heterocycles. The van der Waals surface area contributed by atoms with E-state index in [4.69, 9.17) is 14.6 Å². The number of aliphatic carboxylic acids is 1. The standard InChI is InChI=1S/C14H17NO5/c1-3-8-20-11-7-5-4-6-10(11)13(16)15-9-12(19-2)14(17)18/h3-7,12H,1,8-9H2,2H3,(H,15,16)(H,17,18). The number of amides is 1. The summed E-state index contributed by atoms with van der Waals surface area (Å²) in [5, 5.41) is 11.3. The number of benzene rings is 1. The number of carbonyl (C=O) groups is 2. The molecule has 1 aromatic carbocycles. The molecule has 0 aliphatic rings. The van der Waals surface area contributed by atoms with Gasteiger partial charge < -0.3 is 19.9 Å². The number of ether oxygens (including phenoxy) is 2. The second-order valence-corrected chi connectivity index (χ2v) is 3.87. The molecule has 0 aromatic heterocycles. The summed E-state index contributed by atoms with van der Waals surface area (Å²) < 4.78 is 10.1. The molecule has 0 saturated heterocycles. The fourth-order valence-corrected chi connectivity index (χ4v) is 1.48. The van der Waals surface area contributed by atoms with Gasteiger partial charge in [-0.05, 0) is 12.1 Å². The highest BCUT2D eigenvalue weighted by molar-refractivity contribution is 5.97. The molecule has 6 heteroatoms. The van der Waals surface area contributed by atoms with Gasteiger partial charge in [0.05, 0.1) is 12.1 Å². The van der Waals surface area contributed by atoms with E-state index < -0.39 is 18.0 Å². The van der Waals surface area contributed by atoms with Gasteiger partial charge in [-0.2, -0.15) is 0 Å². The van der Waals surface area contributed by atoms with Crippen molar-refractivity contribution >= 4 is 11.9 Å². The Balaban J connectivity index is 2.72. The molecule has 0 radical (unpaired) electrons. The largest absolute Gasteiger partial charge is 0.489 e. The van der Waals surface area contributed by atoms with Gasteiger partial charge in [-0.25, -0.2) is 4.79 Å². The van der Waals surface area contributed by atoms with E-state index in [9.17, 15) is 9.59 Å². The van der Waals surface area contributed by atoms with Gasteiger partial charge in [-0.3, -0.25) is 4.79 Å². The molecule has 108 valence electrons. The van der Waals surface area contributed by atoms with Crippen molar-refractivity contribution in [3.05, 3.63) is 42.5 Å². The number of nitrogens with one attached hydrogen (secondary N) is 1. The normalized spacial score (nSPS) is 11.4. The van der Waals surface area contributed by atoms with E-state index in [1.165, 1.54) is 7.11 Å². The number of carboxylic acids is 1. The lowest BCUT2D eigenvalue weighted by Gasteiger charge is -2.13. The lowest BCUT2D eigenvalue weighted by atomic mass is 10.2. The van der Waals surface area contributed by atoms with Crippen molar-refractivity contribution in [3.8, 4) is 5.75 Å². The molecule has 2 N–H and O–H groups in total. The molecule has 1 atom stereocenters. The fourth-order valence-electron chi connectivity index (χ4n) is 1.48. The predicted octanol–water partition coefficient (Wildman–Crippen LogP) is 1.08. The molecule has 6 nitrogen and oxygen atoms in total. The number of hydrogen-bond acceptors (Lipinski definition) is 4. The van der Waals surface area contributed by atoms with Crippen LogP contribution in [0.5, 0.6) is 5.75 Å². The third-order valence-electron chi connectivity index (χ3n) is 2.50. The first-order chi connectivity index (χ1) is 9.60. The van der Waals surface area contributed by atoms with Crippen LogP contribution in [0, 0.1) is 0 Å². The highest BCUT2D eigenvalue weighted by Crippen LogP contribution is 2.17. The quantitative estimate of drug-likeness (QED) is 0.696. The molecular formula is C14H17NO5. The third kappa shape index (κ3) is 4.40. The van der Waals surface area contributed by atoms with Gasteiger partial charge >= 0.3 is 5.97 Å². The average molecular weight is 279 g/mol. The zero-order valence-electron chi connectivity index (χ0n) is 11.2. The Hall–Kier alpha value is -2.34. The van der Waals surface area contributed by atoms with Crippen LogP contribution in [-0.2, 0) is 9.53 Å². The topological polar surface area (TPSA) is 84.9 Å². The fraction of sp³-hybridized carbons (Fsp3) is 0.286. The first kappa shape index (κ1) is 15.7. The summed E-state index contributed by atoms with van der Waals surface area (Å²) in [7, 11) is 1.27. The number of methoxy groups -OCH3 is 1. The van der Waals surface area contributed by atoms with Gasteiger partial charge in [0.15, 0.2) is 6.10 Å². The minimum Gasteiger partial charge on any atom is -0.489 e. The average Bonchev–Trinajstić information content (AvgIpc) is 2.45. The molecule has 0 aliphatic carbocycles. The van der Waals surface area contributed by atoms with Crippen molar-refractivity contribution in [2.24, 2.45) is 0 Å². The summed E-state index contributed by atoms with van der Waals surface area (Å²) in [5.74, 6) is -1.15. The van der Waals surface area contributed by atoms with E-state index in [1.807, 2.05) is 0 Å². The van der Waals surface area contributed by atoms with Gasteiger partial charge in [-0.15, -0.1) is 0 Å². The van der Waals surface area contributed by atoms with Crippen LogP contribution in [-0.4, -0.2) is 43.3 Å². The van der Waals surface area contributed by atoms with E-state index in [-0.39, 0.29) is 13.2 Å². The molecular weight excluding hydrogens is 262 g/mol. The van der Waals surface area contributed by atoms with Crippen LogP contribution in [0.15, 0.2) is 36.9 Å². The van der Waals surface area contributed by atoms with E-state index in [0.717, 1.165) is 0 Å². The zero-order chi connectivity index (χ0) is 15.0. The number of para-hydroxylation sites is 1. The molecule has 0 heterocycles. The Morgan fingerprint density at radius 2 is 2.15 bits per heavy atom. The van der Waals surface area contributed by atoms with Crippen LogP contribution < -0.4 is 10.1 Å². The molecule has 20 heavy (non-hydrogen) atoms. The third-order valence-corrected chi connectivity index (χ3v) is 2.50.